The highest BCUT2D eigenvalue weighted by atomic mass is 16.2. The summed E-state index contributed by atoms with van der Waals surface area (Å²) in [6.07, 6.45) is 1.26. The number of hydrogen-bond acceptors (Lipinski definition) is 4. The molecule has 7 heteroatoms. The average Bonchev–Trinajstić information content (AvgIpc) is 2.53. The van der Waals surface area contributed by atoms with Crippen LogP contribution in [0.25, 0.3) is 0 Å². The molecule has 3 amide bonds. The third-order valence-corrected chi connectivity index (χ3v) is 3.68. The molecular weight excluding hydrogens is 296 g/mol. The third kappa shape index (κ3) is 5.71. The molecule has 1 aromatic rings. The lowest BCUT2D eigenvalue weighted by atomic mass is 10.2. The number of hydrogen-bond donors (Lipinski definition) is 2. The first kappa shape index (κ1) is 17.0. The summed E-state index contributed by atoms with van der Waals surface area (Å²) in [6, 6.07) is 7.05. The number of piperazine rings is 1. The quantitative estimate of drug-likeness (QED) is 0.758. The summed E-state index contributed by atoms with van der Waals surface area (Å²) in [5.41, 5.74) is 1.31. The summed E-state index contributed by atoms with van der Waals surface area (Å²) in [6.45, 7) is 5.13. The second-order valence-electron chi connectivity index (χ2n) is 5.54. The Labute approximate surface area is 135 Å². The molecule has 1 fully saturated rings. The van der Waals surface area contributed by atoms with Gasteiger partial charge in [0.1, 0.15) is 0 Å². The summed E-state index contributed by atoms with van der Waals surface area (Å²) in [5.74, 6) is -0.217. The van der Waals surface area contributed by atoms with Crippen molar-refractivity contribution >= 4 is 29.6 Å². The molecule has 124 valence electrons. The Bertz CT molecular complexity index is 568. The smallest absolute Gasteiger partial charge is 0.225 e. The van der Waals surface area contributed by atoms with Crippen molar-refractivity contribution in [1.29, 1.82) is 0 Å². The number of rotatable bonds is 6. The van der Waals surface area contributed by atoms with Gasteiger partial charge in [-0.3, -0.25) is 19.3 Å². The first-order chi connectivity index (χ1) is 11.1. The molecule has 0 atom stereocenters. The fraction of sp³-hybridized carbons (Fsp3) is 0.438. The van der Waals surface area contributed by atoms with Crippen LogP contribution >= 0.6 is 0 Å². The van der Waals surface area contributed by atoms with Gasteiger partial charge in [0.25, 0.3) is 0 Å². The Morgan fingerprint density at radius 3 is 2.39 bits per heavy atom. The lowest BCUT2D eigenvalue weighted by Crippen LogP contribution is -2.46. The zero-order valence-electron chi connectivity index (χ0n) is 13.2. The van der Waals surface area contributed by atoms with Crippen molar-refractivity contribution < 1.29 is 14.4 Å². The highest BCUT2D eigenvalue weighted by Gasteiger charge is 2.16. The lowest BCUT2D eigenvalue weighted by Gasteiger charge is -2.32. The number of carbonyl (C=O) groups excluding carboxylic acids is 3. The van der Waals surface area contributed by atoms with E-state index in [2.05, 4.69) is 15.5 Å². The maximum Gasteiger partial charge on any atom is 0.225 e. The van der Waals surface area contributed by atoms with Crippen molar-refractivity contribution in [2.24, 2.45) is 0 Å². The minimum absolute atomic E-state index is 0.0669. The van der Waals surface area contributed by atoms with Crippen LogP contribution < -0.4 is 10.6 Å². The highest BCUT2D eigenvalue weighted by molar-refractivity contribution is 5.93. The summed E-state index contributed by atoms with van der Waals surface area (Å²) >= 11 is 0. The molecule has 1 aromatic carbocycles. The minimum Gasteiger partial charge on any atom is -0.343 e. The van der Waals surface area contributed by atoms with Gasteiger partial charge in [0.15, 0.2) is 0 Å². The Balaban J connectivity index is 1.76. The predicted molar refractivity (Wildman–Crippen MR) is 88.1 cm³/mol. The molecule has 0 radical (unpaired) electrons. The molecule has 1 saturated heterocycles. The lowest BCUT2D eigenvalue weighted by molar-refractivity contribution is -0.120. The van der Waals surface area contributed by atoms with E-state index in [1.165, 1.54) is 6.92 Å². The van der Waals surface area contributed by atoms with Crippen LogP contribution in [0.2, 0.25) is 0 Å². The van der Waals surface area contributed by atoms with Crippen LogP contribution in [0.3, 0.4) is 0 Å². The summed E-state index contributed by atoms with van der Waals surface area (Å²) < 4.78 is 0. The normalized spacial score (nSPS) is 15.1. The number of nitrogens with one attached hydrogen (secondary N) is 2. The van der Waals surface area contributed by atoms with Crippen LogP contribution in [-0.4, -0.2) is 60.7 Å². The highest BCUT2D eigenvalue weighted by Crippen LogP contribution is 2.15. The van der Waals surface area contributed by atoms with E-state index in [0.717, 1.165) is 19.5 Å². The van der Waals surface area contributed by atoms with Gasteiger partial charge in [-0.2, -0.15) is 0 Å². The molecule has 7 nitrogen and oxygen atoms in total. The molecule has 0 aromatic heterocycles. The molecule has 0 aliphatic carbocycles. The topological polar surface area (TPSA) is 81.8 Å². The SMILES string of the molecule is CC(=O)Nc1cccc(NC(=O)CCN2CCN(C=O)CC2)c1. The monoisotopic (exact) mass is 318 g/mol. The van der Waals surface area contributed by atoms with Crippen molar-refractivity contribution in [1.82, 2.24) is 9.80 Å². The van der Waals surface area contributed by atoms with Crippen molar-refractivity contribution in [3.63, 3.8) is 0 Å². The molecule has 1 aliphatic rings. The van der Waals surface area contributed by atoms with Gasteiger partial charge < -0.3 is 15.5 Å². The predicted octanol–water partition coefficient (Wildman–Crippen LogP) is 0.748. The first-order valence-corrected chi connectivity index (χ1v) is 7.66. The maximum absolute atomic E-state index is 12.0. The van der Waals surface area contributed by atoms with Crippen molar-refractivity contribution in [3.8, 4) is 0 Å². The van der Waals surface area contributed by atoms with Gasteiger partial charge in [0.2, 0.25) is 18.2 Å². The van der Waals surface area contributed by atoms with Crippen molar-refractivity contribution in [2.75, 3.05) is 43.4 Å². The van der Waals surface area contributed by atoms with Crippen LogP contribution in [-0.2, 0) is 14.4 Å². The molecule has 0 saturated carbocycles. The van der Waals surface area contributed by atoms with E-state index >= 15 is 0 Å². The molecule has 1 heterocycles. The van der Waals surface area contributed by atoms with Crippen LogP contribution in [0.5, 0.6) is 0 Å². The molecule has 0 unspecified atom stereocenters. The first-order valence-electron chi connectivity index (χ1n) is 7.66. The fourth-order valence-corrected chi connectivity index (χ4v) is 2.45. The second-order valence-corrected chi connectivity index (χ2v) is 5.54. The molecule has 0 bridgehead atoms. The molecule has 1 aliphatic heterocycles. The van der Waals surface area contributed by atoms with Gasteiger partial charge in [-0.25, -0.2) is 0 Å². The van der Waals surface area contributed by atoms with E-state index in [1.54, 1.807) is 29.2 Å². The molecule has 2 N–H and O–H groups in total. The third-order valence-electron chi connectivity index (χ3n) is 3.68. The Morgan fingerprint density at radius 1 is 1.13 bits per heavy atom. The van der Waals surface area contributed by atoms with Crippen molar-refractivity contribution in [3.05, 3.63) is 24.3 Å². The summed E-state index contributed by atoms with van der Waals surface area (Å²) in [7, 11) is 0. The fourth-order valence-electron chi connectivity index (χ4n) is 2.45. The number of carbonyl (C=O) groups is 3. The molecule has 23 heavy (non-hydrogen) atoms. The van der Waals surface area contributed by atoms with Crippen LogP contribution in [0.1, 0.15) is 13.3 Å². The van der Waals surface area contributed by atoms with Crippen LogP contribution in [0, 0.1) is 0 Å². The van der Waals surface area contributed by atoms with Gasteiger partial charge >= 0.3 is 0 Å². The largest absolute Gasteiger partial charge is 0.343 e. The number of anilines is 2. The Kier molecular flexibility index (Phi) is 6.10. The van der Waals surface area contributed by atoms with E-state index in [1.807, 2.05) is 0 Å². The Morgan fingerprint density at radius 2 is 1.78 bits per heavy atom. The number of nitrogens with zero attached hydrogens (tertiary/aromatic N) is 2. The van der Waals surface area contributed by atoms with Gasteiger partial charge in [0.05, 0.1) is 0 Å². The van der Waals surface area contributed by atoms with Crippen molar-refractivity contribution in [2.45, 2.75) is 13.3 Å². The van der Waals surface area contributed by atoms with E-state index in [9.17, 15) is 14.4 Å². The number of benzene rings is 1. The van der Waals surface area contributed by atoms with Crippen LogP contribution in [0.4, 0.5) is 11.4 Å². The van der Waals surface area contributed by atoms with E-state index in [-0.39, 0.29) is 11.8 Å². The van der Waals surface area contributed by atoms with Gasteiger partial charge in [0, 0.05) is 57.4 Å². The van der Waals surface area contributed by atoms with E-state index in [0.29, 0.717) is 37.4 Å². The second kappa shape index (κ2) is 8.28. The number of amides is 3. The molecular formula is C16H22N4O3. The van der Waals surface area contributed by atoms with Gasteiger partial charge in [-0.05, 0) is 18.2 Å². The van der Waals surface area contributed by atoms with E-state index in [4.69, 9.17) is 0 Å². The standard InChI is InChI=1S/C16H22N4O3/c1-13(22)17-14-3-2-4-15(11-14)18-16(23)5-6-19-7-9-20(12-21)10-8-19/h2-4,11-12H,5-10H2,1H3,(H,17,22)(H,18,23). The zero-order chi connectivity index (χ0) is 16.7. The maximum atomic E-state index is 12.0. The Hall–Kier alpha value is -2.41. The molecule has 0 spiro atoms. The van der Waals surface area contributed by atoms with E-state index < -0.39 is 0 Å². The minimum atomic E-state index is -0.150. The average molecular weight is 318 g/mol. The van der Waals surface area contributed by atoms with Gasteiger partial charge in [-0.15, -0.1) is 0 Å². The summed E-state index contributed by atoms with van der Waals surface area (Å²) in [4.78, 5) is 37.6. The molecule has 2 rings (SSSR count). The summed E-state index contributed by atoms with van der Waals surface area (Å²) in [5, 5.41) is 5.51. The van der Waals surface area contributed by atoms with Gasteiger partial charge in [-0.1, -0.05) is 6.07 Å². The zero-order valence-corrected chi connectivity index (χ0v) is 13.2. The van der Waals surface area contributed by atoms with Crippen LogP contribution in [0.15, 0.2) is 24.3 Å².